The lowest BCUT2D eigenvalue weighted by Gasteiger charge is -2.19. The molecule has 0 aliphatic carbocycles. The maximum Gasteiger partial charge on any atom is 0.330 e. The SMILES string of the molecule is COc1ccc(C(COC(=O)/C=C/c2ccccc2)NC(=O)/C=C/c2ccccc2)cc1OC. The zero-order valence-corrected chi connectivity index (χ0v) is 19.1. The van der Waals surface area contributed by atoms with Gasteiger partial charge in [0.1, 0.15) is 6.61 Å². The third kappa shape index (κ3) is 7.38. The minimum atomic E-state index is -0.596. The fourth-order valence-electron chi connectivity index (χ4n) is 3.19. The molecule has 0 heterocycles. The van der Waals surface area contributed by atoms with Gasteiger partial charge in [0.2, 0.25) is 5.91 Å². The molecular formula is C28H27NO5. The number of hydrogen-bond donors (Lipinski definition) is 1. The summed E-state index contributed by atoms with van der Waals surface area (Å²) in [6.45, 7) is -0.0572. The molecule has 3 aromatic rings. The minimum absolute atomic E-state index is 0.0572. The Hall–Kier alpha value is -4.32. The number of carbonyl (C=O) groups is 2. The van der Waals surface area contributed by atoms with E-state index in [2.05, 4.69) is 5.32 Å². The Morgan fingerprint density at radius 3 is 1.97 bits per heavy atom. The van der Waals surface area contributed by atoms with E-state index in [0.717, 1.165) is 11.1 Å². The van der Waals surface area contributed by atoms with E-state index in [4.69, 9.17) is 14.2 Å². The van der Waals surface area contributed by atoms with Gasteiger partial charge in [-0.2, -0.15) is 0 Å². The predicted octanol–water partition coefficient (Wildman–Crippen LogP) is 4.83. The smallest absolute Gasteiger partial charge is 0.330 e. The summed E-state index contributed by atoms with van der Waals surface area (Å²) in [4.78, 5) is 24.9. The Balaban J connectivity index is 1.73. The van der Waals surface area contributed by atoms with Crippen LogP contribution in [0.15, 0.2) is 91.0 Å². The highest BCUT2D eigenvalue weighted by Gasteiger charge is 2.18. The van der Waals surface area contributed by atoms with Gasteiger partial charge >= 0.3 is 5.97 Å². The van der Waals surface area contributed by atoms with E-state index in [1.54, 1.807) is 37.5 Å². The van der Waals surface area contributed by atoms with Crippen molar-refractivity contribution in [1.82, 2.24) is 5.32 Å². The molecule has 3 aromatic carbocycles. The lowest BCUT2D eigenvalue weighted by atomic mass is 10.1. The second-order valence-electron chi connectivity index (χ2n) is 7.29. The number of nitrogens with one attached hydrogen (secondary N) is 1. The first kappa shape index (κ1) is 24.3. The van der Waals surface area contributed by atoms with E-state index in [1.165, 1.54) is 19.3 Å². The summed E-state index contributed by atoms with van der Waals surface area (Å²) in [5.74, 6) is 0.236. The molecule has 0 bridgehead atoms. The molecule has 1 unspecified atom stereocenters. The number of hydrogen-bond acceptors (Lipinski definition) is 5. The number of benzene rings is 3. The fraction of sp³-hybridized carbons (Fsp3) is 0.143. The van der Waals surface area contributed by atoms with E-state index >= 15 is 0 Å². The predicted molar refractivity (Wildman–Crippen MR) is 132 cm³/mol. The highest BCUT2D eigenvalue weighted by molar-refractivity contribution is 5.92. The van der Waals surface area contributed by atoms with Crippen LogP contribution >= 0.6 is 0 Å². The Morgan fingerprint density at radius 2 is 1.38 bits per heavy atom. The van der Waals surface area contributed by atoms with Gasteiger partial charge in [-0.25, -0.2) is 4.79 Å². The van der Waals surface area contributed by atoms with Gasteiger partial charge in [0.25, 0.3) is 0 Å². The van der Waals surface area contributed by atoms with Crippen molar-refractivity contribution in [2.75, 3.05) is 20.8 Å². The molecule has 0 aromatic heterocycles. The highest BCUT2D eigenvalue weighted by atomic mass is 16.5. The summed E-state index contributed by atoms with van der Waals surface area (Å²) in [6, 6.07) is 23.6. The lowest BCUT2D eigenvalue weighted by Crippen LogP contribution is -2.31. The van der Waals surface area contributed by atoms with Crippen LogP contribution < -0.4 is 14.8 Å². The molecule has 0 radical (unpaired) electrons. The van der Waals surface area contributed by atoms with E-state index < -0.39 is 12.0 Å². The Morgan fingerprint density at radius 1 is 0.794 bits per heavy atom. The number of amides is 1. The molecule has 34 heavy (non-hydrogen) atoms. The maximum absolute atomic E-state index is 12.6. The molecule has 1 N–H and O–H groups in total. The van der Waals surface area contributed by atoms with E-state index in [-0.39, 0.29) is 12.5 Å². The first-order valence-corrected chi connectivity index (χ1v) is 10.7. The van der Waals surface area contributed by atoms with Crippen molar-refractivity contribution in [2.24, 2.45) is 0 Å². The van der Waals surface area contributed by atoms with Crippen molar-refractivity contribution in [3.63, 3.8) is 0 Å². The fourth-order valence-corrected chi connectivity index (χ4v) is 3.19. The normalized spacial score (nSPS) is 11.8. The Labute approximate surface area is 199 Å². The van der Waals surface area contributed by atoms with Gasteiger partial charge in [-0.3, -0.25) is 4.79 Å². The van der Waals surface area contributed by atoms with Crippen molar-refractivity contribution in [3.8, 4) is 11.5 Å². The molecule has 0 saturated carbocycles. The van der Waals surface area contributed by atoms with E-state index in [1.807, 2.05) is 60.7 Å². The van der Waals surface area contributed by atoms with Crippen molar-refractivity contribution in [2.45, 2.75) is 6.04 Å². The van der Waals surface area contributed by atoms with Gasteiger partial charge in [0.05, 0.1) is 20.3 Å². The Kier molecular flexibility index (Phi) is 9.05. The van der Waals surface area contributed by atoms with Crippen molar-refractivity contribution in [3.05, 3.63) is 108 Å². The van der Waals surface area contributed by atoms with Crippen LogP contribution in [0.4, 0.5) is 0 Å². The summed E-state index contributed by atoms with van der Waals surface area (Å²) in [5.41, 5.74) is 2.49. The molecule has 1 amide bonds. The summed E-state index contributed by atoms with van der Waals surface area (Å²) in [6.07, 6.45) is 6.20. The van der Waals surface area contributed by atoms with Gasteiger partial charge in [0, 0.05) is 12.2 Å². The summed E-state index contributed by atoms with van der Waals surface area (Å²) >= 11 is 0. The van der Waals surface area contributed by atoms with Crippen LogP contribution in [0.1, 0.15) is 22.7 Å². The van der Waals surface area contributed by atoms with Gasteiger partial charge in [-0.1, -0.05) is 66.7 Å². The highest BCUT2D eigenvalue weighted by Crippen LogP contribution is 2.30. The van der Waals surface area contributed by atoms with Crippen LogP contribution in [0, 0.1) is 0 Å². The van der Waals surface area contributed by atoms with E-state index in [0.29, 0.717) is 17.1 Å². The molecule has 6 heteroatoms. The molecular weight excluding hydrogens is 430 g/mol. The quantitative estimate of drug-likeness (QED) is 0.349. The molecule has 1 atom stereocenters. The molecule has 0 saturated heterocycles. The number of esters is 1. The molecule has 0 spiro atoms. The standard InChI is InChI=1S/C28H27NO5/c1-32-25-16-15-23(19-26(25)33-2)24(29-27(30)17-13-21-9-5-3-6-10-21)20-34-28(31)18-14-22-11-7-4-8-12-22/h3-19,24H,20H2,1-2H3,(H,29,30)/b17-13+,18-14+. The monoisotopic (exact) mass is 457 g/mol. The third-order valence-electron chi connectivity index (χ3n) is 4.96. The van der Waals surface area contributed by atoms with Crippen molar-refractivity contribution >= 4 is 24.0 Å². The minimum Gasteiger partial charge on any atom is -0.493 e. The second-order valence-corrected chi connectivity index (χ2v) is 7.29. The molecule has 174 valence electrons. The molecule has 0 fully saturated rings. The van der Waals surface area contributed by atoms with Crippen LogP contribution in [-0.2, 0) is 14.3 Å². The van der Waals surface area contributed by atoms with Crippen LogP contribution in [-0.4, -0.2) is 32.7 Å². The van der Waals surface area contributed by atoms with Gasteiger partial charge in [0.15, 0.2) is 11.5 Å². The first-order chi connectivity index (χ1) is 16.6. The number of methoxy groups -OCH3 is 2. The van der Waals surface area contributed by atoms with E-state index in [9.17, 15) is 9.59 Å². The van der Waals surface area contributed by atoms with Crippen LogP contribution in [0.5, 0.6) is 11.5 Å². The average molecular weight is 458 g/mol. The van der Waals surface area contributed by atoms with Gasteiger partial charge < -0.3 is 19.5 Å². The van der Waals surface area contributed by atoms with Gasteiger partial charge in [-0.05, 0) is 41.0 Å². The zero-order chi connectivity index (χ0) is 24.2. The average Bonchev–Trinajstić information content (AvgIpc) is 2.89. The molecule has 3 rings (SSSR count). The second kappa shape index (κ2) is 12.6. The van der Waals surface area contributed by atoms with Crippen molar-refractivity contribution in [1.29, 1.82) is 0 Å². The maximum atomic E-state index is 12.6. The molecule has 0 aliphatic heterocycles. The van der Waals surface area contributed by atoms with Crippen LogP contribution in [0.2, 0.25) is 0 Å². The lowest BCUT2D eigenvalue weighted by molar-refractivity contribution is -0.139. The van der Waals surface area contributed by atoms with Crippen LogP contribution in [0.3, 0.4) is 0 Å². The van der Waals surface area contributed by atoms with Crippen LogP contribution in [0.25, 0.3) is 12.2 Å². The topological polar surface area (TPSA) is 73.9 Å². The number of rotatable bonds is 10. The Bertz CT molecular complexity index is 1140. The number of ether oxygens (including phenoxy) is 3. The first-order valence-electron chi connectivity index (χ1n) is 10.7. The third-order valence-corrected chi connectivity index (χ3v) is 4.96. The van der Waals surface area contributed by atoms with Crippen molar-refractivity contribution < 1.29 is 23.8 Å². The zero-order valence-electron chi connectivity index (χ0n) is 19.1. The summed E-state index contributed by atoms with van der Waals surface area (Å²) in [7, 11) is 3.08. The summed E-state index contributed by atoms with van der Waals surface area (Å²) in [5, 5.41) is 2.90. The summed E-state index contributed by atoms with van der Waals surface area (Å²) < 4.78 is 16.1. The number of carbonyl (C=O) groups excluding carboxylic acids is 2. The largest absolute Gasteiger partial charge is 0.493 e. The van der Waals surface area contributed by atoms with Gasteiger partial charge in [-0.15, -0.1) is 0 Å². The molecule has 0 aliphatic rings. The molecule has 6 nitrogen and oxygen atoms in total.